The van der Waals surface area contributed by atoms with Gasteiger partial charge in [-0.25, -0.2) is 4.98 Å². The molecular weight excluding hydrogens is 192 g/mol. The van der Waals surface area contributed by atoms with Crippen LogP contribution in [0.5, 0.6) is 0 Å². The summed E-state index contributed by atoms with van der Waals surface area (Å²) in [7, 11) is 0. The van der Waals surface area contributed by atoms with E-state index in [2.05, 4.69) is 23.8 Å². The van der Waals surface area contributed by atoms with Crippen LogP contribution in [0.2, 0.25) is 0 Å². The molecule has 0 saturated heterocycles. The van der Waals surface area contributed by atoms with E-state index in [1.807, 2.05) is 0 Å². The average Bonchev–Trinajstić information content (AvgIpc) is 2.28. The topological polar surface area (TPSA) is 55.0 Å². The monoisotopic (exact) mass is 208 g/mol. The minimum absolute atomic E-state index is 0.0324. The molecule has 0 aromatic carbocycles. The van der Waals surface area contributed by atoms with Crippen molar-refractivity contribution in [3.8, 4) is 0 Å². The molecular formula is C11H16N2O2. The summed E-state index contributed by atoms with van der Waals surface area (Å²) in [5, 5.41) is 0. The summed E-state index contributed by atoms with van der Waals surface area (Å²) in [6, 6.07) is 0. The van der Waals surface area contributed by atoms with Gasteiger partial charge in [0, 0.05) is 12.3 Å². The van der Waals surface area contributed by atoms with Crippen LogP contribution in [0.25, 0.3) is 0 Å². The summed E-state index contributed by atoms with van der Waals surface area (Å²) >= 11 is 0. The van der Waals surface area contributed by atoms with Crippen molar-refractivity contribution in [2.24, 2.45) is 0 Å². The van der Waals surface area contributed by atoms with E-state index < -0.39 is 0 Å². The number of aromatic nitrogens is 2. The largest absolute Gasteiger partial charge is 0.376 e. The lowest BCUT2D eigenvalue weighted by molar-refractivity contribution is 0.107. The van der Waals surface area contributed by atoms with E-state index in [0.29, 0.717) is 24.7 Å². The molecule has 15 heavy (non-hydrogen) atoms. The van der Waals surface area contributed by atoms with Crippen molar-refractivity contribution >= 4 is 0 Å². The number of rotatable bonds is 2. The van der Waals surface area contributed by atoms with Gasteiger partial charge in [-0.3, -0.25) is 4.79 Å². The van der Waals surface area contributed by atoms with E-state index in [4.69, 9.17) is 4.74 Å². The van der Waals surface area contributed by atoms with Crippen molar-refractivity contribution in [1.29, 1.82) is 0 Å². The molecule has 1 atom stereocenters. The zero-order valence-electron chi connectivity index (χ0n) is 9.17. The SMILES string of the molecule is CCC(C)c1nc2c(c(=O)[nH]1)COCC2. The third kappa shape index (κ3) is 1.95. The molecule has 1 aromatic rings. The van der Waals surface area contributed by atoms with Gasteiger partial charge < -0.3 is 9.72 Å². The number of nitrogens with zero attached hydrogens (tertiary/aromatic N) is 1. The number of ether oxygens (including phenoxy) is 1. The molecule has 0 radical (unpaired) electrons. The molecule has 1 aliphatic heterocycles. The molecule has 4 nitrogen and oxygen atoms in total. The van der Waals surface area contributed by atoms with Crippen LogP contribution >= 0.6 is 0 Å². The fourth-order valence-corrected chi connectivity index (χ4v) is 1.69. The van der Waals surface area contributed by atoms with Gasteiger partial charge in [-0.2, -0.15) is 0 Å². The normalized spacial score (nSPS) is 17.2. The second-order valence-electron chi connectivity index (χ2n) is 3.99. The lowest BCUT2D eigenvalue weighted by Gasteiger charge is -2.17. The van der Waals surface area contributed by atoms with Crippen molar-refractivity contribution in [2.75, 3.05) is 6.61 Å². The van der Waals surface area contributed by atoms with Gasteiger partial charge in [-0.15, -0.1) is 0 Å². The van der Waals surface area contributed by atoms with E-state index in [1.54, 1.807) is 0 Å². The van der Waals surface area contributed by atoms with E-state index in [-0.39, 0.29) is 5.56 Å². The predicted molar refractivity (Wildman–Crippen MR) is 56.9 cm³/mol. The highest BCUT2D eigenvalue weighted by molar-refractivity contribution is 5.19. The molecule has 0 amide bonds. The highest BCUT2D eigenvalue weighted by Gasteiger charge is 2.17. The number of hydrogen-bond acceptors (Lipinski definition) is 3. The molecule has 82 valence electrons. The minimum Gasteiger partial charge on any atom is -0.376 e. The second kappa shape index (κ2) is 4.14. The average molecular weight is 208 g/mol. The first kappa shape index (κ1) is 10.4. The molecule has 2 heterocycles. The van der Waals surface area contributed by atoms with E-state index in [9.17, 15) is 4.79 Å². The van der Waals surface area contributed by atoms with Crippen molar-refractivity contribution in [2.45, 2.75) is 39.2 Å². The van der Waals surface area contributed by atoms with Gasteiger partial charge in [-0.05, 0) is 6.42 Å². The smallest absolute Gasteiger partial charge is 0.256 e. The second-order valence-corrected chi connectivity index (χ2v) is 3.99. The van der Waals surface area contributed by atoms with Crippen LogP contribution in [-0.2, 0) is 17.8 Å². The number of nitrogens with one attached hydrogen (secondary N) is 1. The van der Waals surface area contributed by atoms with Gasteiger partial charge >= 0.3 is 0 Å². The van der Waals surface area contributed by atoms with Crippen molar-refractivity contribution in [3.05, 3.63) is 27.4 Å². The van der Waals surface area contributed by atoms with E-state index >= 15 is 0 Å². The summed E-state index contributed by atoms with van der Waals surface area (Å²) in [5.41, 5.74) is 1.59. The van der Waals surface area contributed by atoms with Crippen molar-refractivity contribution < 1.29 is 4.74 Å². The third-order valence-corrected chi connectivity index (χ3v) is 2.93. The lowest BCUT2D eigenvalue weighted by Crippen LogP contribution is -2.26. The first-order chi connectivity index (χ1) is 7.22. The molecule has 2 rings (SSSR count). The Hall–Kier alpha value is -1.16. The summed E-state index contributed by atoms with van der Waals surface area (Å²) in [4.78, 5) is 19.1. The molecule has 1 N–H and O–H groups in total. The minimum atomic E-state index is -0.0324. The summed E-state index contributed by atoms with van der Waals surface area (Å²) < 4.78 is 5.24. The maximum absolute atomic E-state index is 11.7. The van der Waals surface area contributed by atoms with Crippen LogP contribution in [0.15, 0.2) is 4.79 Å². The van der Waals surface area contributed by atoms with Gasteiger partial charge in [0.1, 0.15) is 5.82 Å². The van der Waals surface area contributed by atoms with Crippen LogP contribution in [0.4, 0.5) is 0 Å². The Kier molecular flexibility index (Phi) is 2.86. The lowest BCUT2D eigenvalue weighted by atomic mass is 10.1. The van der Waals surface area contributed by atoms with E-state index in [0.717, 1.165) is 24.4 Å². The van der Waals surface area contributed by atoms with Gasteiger partial charge in [0.15, 0.2) is 0 Å². The van der Waals surface area contributed by atoms with Gasteiger partial charge in [0.05, 0.1) is 24.5 Å². The summed E-state index contributed by atoms with van der Waals surface area (Å²) in [6.45, 7) is 5.24. The molecule has 0 saturated carbocycles. The van der Waals surface area contributed by atoms with Crippen LogP contribution in [0.3, 0.4) is 0 Å². The molecule has 0 fully saturated rings. The molecule has 0 bridgehead atoms. The quantitative estimate of drug-likeness (QED) is 0.798. The molecule has 1 unspecified atom stereocenters. The Balaban J connectivity index is 2.45. The Morgan fingerprint density at radius 1 is 1.60 bits per heavy atom. The number of H-pyrrole nitrogens is 1. The number of hydrogen-bond donors (Lipinski definition) is 1. The Morgan fingerprint density at radius 2 is 2.40 bits per heavy atom. The van der Waals surface area contributed by atoms with Gasteiger partial charge in [-0.1, -0.05) is 13.8 Å². The molecule has 1 aromatic heterocycles. The third-order valence-electron chi connectivity index (χ3n) is 2.93. The highest BCUT2D eigenvalue weighted by atomic mass is 16.5. The Bertz CT molecular complexity index is 412. The predicted octanol–water partition coefficient (Wildman–Crippen LogP) is 1.36. The highest BCUT2D eigenvalue weighted by Crippen LogP contribution is 2.16. The molecule has 0 spiro atoms. The fourth-order valence-electron chi connectivity index (χ4n) is 1.69. The molecule has 1 aliphatic rings. The summed E-state index contributed by atoms with van der Waals surface area (Å²) in [6.07, 6.45) is 1.74. The molecule has 4 heteroatoms. The van der Waals surface area contributed by atoms with Crippen LogP contribution in [0, 0.1) is 0 Å². The van der Waals surface area contributed by atoms with Gasteiger partial charge in [0.2, 0.25) is 0 Å². The zero-order chi connectivity index (χ0) is 10.8. The maximum Gasteiger partial charge on any atom is 0.256 e. The van der Waals surface area contributed by atoms with Crippen molar-refractivity contribution in [1.82, 2.24) is 9.97 Å². The van der Waals surface area contributed by atoms with Crippen LogP contribution in [-0.4, -0.2) is 16.6 Å². The maximum atomic E-state index is 11.7. The molecule has 0 aliphatic carbocycles. The standard InChI is InChI=1S/C11H16N2O2/c1-3-7(2)10-12-9-4-5-15-6-8(9)11(14)13-10/h7H,3-6H2,1-2H3,(H,12,13,14). The number of fused-ring (bicyclic) bond motifs is 1. The number of aromatic amines is 1. The fraction of sp³-hybridized carbons (Fsp3) is 0.636. The van der Waals surface area contributed by atoms with Crippen molar-refractivity contribution in [3.63, 3.8) is 0 Å². The first-order valence-corrected chi connectivity index (χ1v) is 5.42. The van der Waals surface area contributed by atoms with Crippen LogP contribution < -0.4 is 5.56 Å². The van der Waals surface area contributed by atoms with Gasteiger partial charge in [0.25, 0.3) is 5.56 Å². The summed E-state index contributed by atoms with van der Waals surface area (Å²) in [5.74, 6) is 1.12. The Morgan fingerprint density at radius 3 is 3.13 bits per heavy atom. The Labute approximate surface area is 88.7 Å². The first-order valence-electron chi connectivity index (χ1n) is 5.42. The van der Waals surface area contributed by atoms with Crippen LogP contribution in [0.1, 0.15) is 43.3 Å². The zero-order valence-corrected chi connectivity index (χ0v) is 9.17. The van der Waals surface area contributed by atoms with E-state index in [1.165, 1.54) is 0 Å².